The molecule has 4 unspecified atom stereocenters. The molecule has 2 bridgehead atoms. The van der Waals surface area contributed by atoms with Crippen LogP contribution in [0.1, 0.15) is 25.7 Å². The molecule has 3 aliphatic heterocycles. The maximum absolute atomic E-state index is 5.37. The number of pyridine rings is 1. The molecule has 2 N–H and O–H groups in total. The lowest BCUT2D eigenvalue weighted by molar-refractivity contribution is 0.187. The average molecular weight is 406 g/mol. The van der Waals surface area contributed by atoms with Gasteiger partial charge in [0.15, 0.2) is 23.6 Å². The van der Waals surface area contributed by atoms with E-state index in [0.717, 1.165) is 38.0 Å². The van der Waals surface area contributed by atoms with Gasteiger partial charge in [-0.15, -0.1) is 5.11 Å². The fourth-order valence-corrected chi connectivity index (χ4v) is 4.52. The van der Waals surface area contributed by atoms with Crippen LogP contribution in [-0.4, -0.2) is 47.9 Å². The van der Waals surface area contributed by atoms with E-state index in [1.165, 1.54) is 0 Å². The van der Waals surface area contributed by atoms with Gasteiger partial charge in [0, 0.05) is 19.0 Å². The van der Waals surface area contributed by atoms with Gasteiger partial charge in [-0.05, 0) is 55.7 Å². The maximum atomic E-state index is 5.37. The van der Waals surface area contributed by atoms with Crippen molar-refractivity contribution in [3.05, 3.63) is 42.5 Å². The fraction of sp³-hybridized carbons (Fsp3) is 0.476. The summed E-state index contributed by atoms with van der Waals surface area (Å²) in [5, 5.41) is 17.4. The third-order valence-electron chi connectivity index (χ3n) is 6.00. The van der Waals surface area contributed by atoms with Gasteiger partial charge in [0.2, 0.25) is 0 Å². The Morgan fingerprint density at radius 3 is 3.20 bits per heavy atom. The van der Waals surface area contributed by atoms with Crippen LogP contribution in [0.3, 0.4) is 0 Å². The highest BCUT2D eigenvalue weighted by atomic mass is 16.5. The third kappa shape index (κ3) is 3.92. The predicted molar refractivity (Wildman–Crippen MR) is 115 cm³/mol. The molecule has 9 heteroatoms. The number of aliphatic imine (C=N–C) groups is 2. The highest BCUT2D eigenvalue weighted by molar-refractivity contribution is 5.90. The van der Waals surface area contributed by atoms with Crippen molar-refractivity contribution in [2.45, 2.75) is 37.9 Å². The largest absolute Gasteiger partial charge is 0.493 e. The zero-order chi connectivity index (χ0) is 20.3. The van der Waals surface area contributed by atoms with Gasteiger partial charge < -0.3 is 15.4 Å². The van der Waals surface area contributed by atoms with Crippen molar-refractivity contribution in [1.29, 1.82) is 0 Å². The highest BCUT2D eigenvalue weighted by Gasteiger charge is 2.35. The summed E-state index contributed by atoms with van der Waals surface area (Å²) in [6, 6.07) is 4.15. The van der Waals surface area contributed by atoms with Gasteiger partial charge >= 0.3 is 0 Å². The predicted octanol–water partition coefficient (Wildman–Crippen LogP) is 3.13. The molecule has 156 valence electrons. The summed E-state index contributed by atoms with van der Waals surface area (Å²) < 4.78 is 5.37. The van der Waals surface area contributed by atoms with E-state index < -0.39 is 0 Å². The highest BCUT2D eigenvalue weighted by Crippen LogP contribution is 2.33. The number of hydrogen-bond acceptors (Lipinski definition) is 9. The minimum absolute atomic E-state index is 0.175. The van der Waals surface area contributed by atoms with Gasteiger partial charge in [-0.1, -0.05) is 11.3 Å². The van der Waals surface area contributed by atoms with E-state index in [2.05, 4.69) is 48.1 Å². The smallest absolute Gasteiger partial charge is 0.197 e. The Morgan fingerprint density at radius 2 is 2.27 bits per heavy atom. The summed E-state index contributed by atoms with van der Waals surface area (Å²) in [4.78, 5) is 13.5. The molecule has 30 heavy (non-hydrogen) atoms. The van der Waals surface area contributed by atoms with Crippen molar-refractivity contribution < 1.29 is 4.74 Å². The molecular formula is C21H26N8O. The lowest BCUT2D eigenvalue weighted by Crippen LogP contribution is -2.48. The van der Waals surface area contributed by atoms with Gasteiger partial charge in [0.1, 0.15) is 5.82 Å². The molecule has 1 aromatic rings. The first-order valence-corrected chi connectivity index (χ1v) is 10.5. The second kappa shape index (κ2) is 8.25. The summed E-state index contributed by atoms with van der Waals surface area (Å²) in [5.41, 5.74) is 0. The van der Waals surface area contributed by atoms with Crippen LogP contribution in [0.4, 0.5) is 5.82 Å². The molecule has 0 spiro atoms. The van der Waals surface area contributed by atoms with Crippen LogP contribution in [0.25, 0.3) is 0 Å². The van der Waals surface area contributed by atoms with Crippen LogP contribution >= 0.6 is 0 Å². The Balaban J connectivity index is 1.24. The van der Waals surface area contributed by atoms with Gasteiger partial charge in [-0.25, -0.2) is 15.0 Å². The van der Waals surface area contributed by atoms with Gasteiger partial charge in [-0.3, -0.25) is 4.99 Å². The lowest BCUT2D eigenvalue weighted by atomic mass is 9.92. The summed E-state index contributed by atoms with van der Waals surface area (Å²) in [6.07, 6.45) is 14.2. The number of anilines is 1. The number of nitrogens with zero attached hydrogens (tertiary/aromatic N) is 6. The Morgan fingerprint density at radius 1 is 1.30 bits per heavy atom. The second-order valence-corrected chi connectivity index (χ2v) is 8.08. The topological polar surface area (TPSA) is 98.9 Å². The van der Waals surface area contributed by atoms with E-state index in [1.807, 2.05) is 23.4 Å². The van der Waals surface area contributed by atoms with Gasteiger partial charge in [-0.2, -0.15) is 0 Å². The van der Waals surface area contributed by atoms with Crippen LogP contribution in [0, 0.1) is 11.8 Å². The average Bonchev–Trinajstić information content (AvgIpc) is 2.92. The molecule has 1 aliphatic carbocycles. The molecule has 0 radical (unpaired) electrons. The standard InChI is InChI=1S/C21H26N8O/c1-30-17-5-3-9-23-19(17)25-18-12-24-20-21(26-18)29(28-27-20)13-15-6-7-16-11-14(10-15)4-2-8-22-16/h2-5,8-9,12,14-16,21,26H,6-7,10-11,13H2,1H3,(H,23,25). The van der Waals surface area contributed by atoms with Crippen molar-refractivity contribution >= 4 is 17.9 Å². The maximum Gasteiger partial charge on any atom is 0.197 e. The first-order chi connectivity index (χ1) is 14.8. The molecular weight excluding hydrogens is 380 g/mol. The van der Waals surface area contributed by atoms with E-state index in [4.69, 9.17) is 4.74 Å². The number of ether oxygens (including phenoxy) is 1. The number of amidine groups is 1. The normalized spacial score (nSPS) is 29.3. The Kier molecular flexibility index (Phi) is 5.17. The zero-order valence-corrected chi connectivity index (χ0v) is 17.0. The summed E-state index contributed by atoms with van der Waals surface area (Å²) in [6.45, 7) is 0.848. The Labute approximate surface area is 175 Å². The molecule has 0 saturated heterocycles. The van der Waals surface area contributed by atoms with Gasteiger partial charge in [0.25, 0.3) is 0 Å². The van der Waals surface area contributed by atoms with Crippen molar-refractivity contribution in [1.82, 2.24) is 15.3 Å². The monoisotopic (exact) mass is 406 g/mol. The lowest BCUT2D eigenvalue weighted by Gasteiger charge is -2.30. The van der Waals surface area contributed by atoms with Crippen LogP contribution < -0.4 is 15.4 Å². The zero-order valence-electron chi connectivity index (χ0n) is 17.0. The number of hydrogen-bond donors (Lipinski definition) is 2. The Hall–Kier alpha value is -3.23. The summed E-state index contributed by atoms with van der Waals surface area (Å²) >= 11 is 0. The van der Waals surface area contributed by atoms with Crippen molar-refractivity contribution in [3.8, 4) is 5.75 Å². The minimum atomic E-state index is -0.175. The third-order valence-corrected chi connectivity index (χ3v) is 6.00. The molecule has 4 aliphatic rings. The van der Waals surface area contributed by atoms with E-state index in [1.54, 1.807) is 19.5 Å². The fourth-order valence-electron chi connectivity index (χ4n) is 4.52. The van der Waals surface area contributed by atoms with Crippen molar-refractivity contribution in [3.63, 3.8) is 0 Å². The molecule has 5 rings (SSSR count). The molecule has 1 aromatic heterocycles. The van der Waals surface area contributed by atoms with E-state index in [9.17, 15) is 0 Å². The van der Waals surface area contributed by atoms with Crippen LogP contribution in [0.2, 0.25) is 0 Å². The summed E-state index contributed by atoms with van der Waals surface area (Å²) in [5.74, 6) is 3.87. The van der Waals surface area contributed by atoms with Crippen molar-refractivity contribution in [2.24, 2.45) is 32.2 Å². The molecule has 1 fully saturated rings. The summed E-state index contributed by atoms with van der Waals surface area (Å²) in [7, 11) is 1.63. The molecule has 0 amide bonds. The number of allylic oxidation sites excluding steroid dienone is 2. The number of fused-ring (bicyclic) bond motifs is 3. The first-order valence-electron chi connectivity index (χ1n) is 10.5. The van der Waals surface area contributed by atoms with Crippen molar-refractivity contribution in [2.75, 3.05) is 19.0 Å². The molecule has 9 nitrogen and oxygen atoms in total. The Bertz CT molecular complexity index is 937. The van der Waals surface area contributed by atoms with Crippen LogP contribution in [0.15, 0.2) is 62.8 Å². The number of aromatic nitrogens is 1. The number of nitrogens with one attached hydrogen (secondary N) is 2. The molecule has 4 heterocycles. The van der Waals surface area contributed by atoms with E-state index >= 15 is 0 Å². The first kappa shape index (κ1) is 18.8. The van der Waals surface area contributed by atoms with Gasteiger partial charge in [0.05, 0.1) is 19.4 Å². The van der Waals surface area contributed by atoms with E-state index in [-0.39, 0.29) is 6.17 Å². The quantitative estimate of drug-likeness (QED) is 0.783. The van der Waals surface area contributed by atoms with Crippen LogP contribution in [-0.2, 0) is 0 Å². The molecule has 1 saturated carbocycles. The minimum Gasteiger partial charge on any atom is -0.493 e. The van der Waals surface area contributed by atoms with Crippen LogP contribution in [0.5, 0.6) is 5.75 Å². The number of rotatable bonds is 5. The second-order valence-electron chi connectivity index (χ2n) is 8.08. The SMILES string of the molecule is COc1cccnc1NC1=CN=C2N=NN(CC3CCC4CC(C=CC=N4)C3)C2N1. The molecule has 4 atom stereocenters. The van der Waals surface area contributed by atoms with E-state index in [0.29, 0.717) is 35.3 Å². The molecule has 0 aromatic carbocycles. The number of methoxy groups -OCH3 is 1.